The summed E-state index contributed by atoms with van der Waals surface area (Å²) in [6.07, 6.45) is -2.61. The first-order chi connectivity index (χ1) is 12.9. The Bertz CT molecular complexity index is 991. The first kappa shape index (κ1) is 18.4. The van der Waals surface area contributed by atoms with Crippen LogP contribution in [0.2, 0.25) is 0 Å². The third-order valence-corrected chi connectivity index (χ3v) is 3.68. The van der Waals surface area contributed by atoms with E-state index in [2.05, 4.69) is 0 Å². The fraction of sp³-hybridized carbons (Fsp3) is 0.158. The number of halogens is 2. The van der Waals surface area contributed by atoms with E-state index in [1.165, 1.54) is 42.5 Å². The molecule has 0 aliphatic heterocycles. The molecule has 0 aliphatic rings. The highest BCUT2D eigenvalue weighted by atomic mass is 19.3. The maximum Gasteiger partial charge on any atom is 0.371 e. The summed E-state index contributed by atoms with van der Waals surface area (Å²) in [6, 6.07) is 9.12. The second-order valence-corrected chi connectivity index (χ2v) is 5.49. The number of esters is 1. The number of rotatable bonds is 6. The molecule has 0 radical (unpaired) electrons. The minimum atomic E-state index is -2.61. The lowest BCUT2D eigenvalue weighted by molar-refractivity contribution is 0.0525. The van der Waals surface area contributed by atoms with Gasteiger partial charge in [0.15, 0.2) is 0 Å². The molecule has 8 heteroatoms. The lowest BCUT2D eigenvalue weighted by atomic mass is 10.1. The molecular weight excluding hydrogens is 362 g/mol. The number of aromatic carboxylic acids is 1. The smallest absolute Gasteiger partial charge is 0.371 e. The van der Waals surface area contributed by atoms with E-state index in [0.29, 0.717) is 5.39 Å². The van der Waals surface area contributed by atoms with Gasteiger partial charge in [0.25, 0.3) is 6.43 Å². The second-order valence-electron chi connectivity index (χ2n) is 5.49. The van der Waals surface area contributed by atoms with Crippen molar-refractivity contribution in [2.45, 2.75) is 13.3 Å². The first-order valence-electron chi connectivity index (χ1n) is 7.93. The van der Waals surface area contributed by atoms with Gasteiger partial charge in [-0.1, -0.05) is 0 Å². The number of ether oxygens (including phenoxy) is 2. The molecule has 27 heavy (non-hydrogen) atoms. The average molecular weight is 376 g/mol. The van der Waals surface area contributed by atoms with Gasteiger partial charge in [-0.25, -0.2) is 18.4 Å². The van der Waals surface area contributed by atoms with Crippen LogP contribution in [-0.2, 0) is 4.74 Å². The van der Waals surface area contributed by atoms with Crippen molar-refractivity contribution in [3.05, 3.63) is 59.4 Å². The van der Waals surface area contributed by atoms with E-state index >= 15 is 0 Å². The van der Waals surface area contributed by atoms with Gasteiger partial charge in [-0.15, -0.1) is 0 Å². The van der Waals surface area contributed by atoms with E-state index in [9.17, 15) is 18.4 Å². The number of carbonyl (C=O) groups is 2. The molecule has 140 valence electrons. The summed E-state index contributed by atoms with van der Waals surface area (Å²) in [5, 5.41) is 9.43. The summed E-state index contributed by atoms with van der Waals surface area (Å²) in [4.78, 5) is 23.2. The third-order valence-electron chi connectivity index (χ3n) is 3.68. The normalized spacial score (nSPS) is 11.0. The van der Waals surface area contributed by atoms with Crippen molar-refractivity contribution < 1.29 is 37.4 Å². The average Bonchev–Trinajstić information content (AvgIpc) is 3.07. The van der Waals surface area contributed by atoms with Crippen molar-refractivity contribution in [2.24, 2.45) is 0 Å². The second kappa shape index (κ2) is 7.45. The number of carbonyl (C=O) groups excluding carboxylic acids is 1. The van der Waals surface area contributed by atoms with Crippen LogP contribution >= 0.6 is 0 Å². The predicted octanol–water partition coefficient (Wildman–Crippen LogP) is 5.04. The standard InChI is InChI=1S/C19H14F2O6/c1-2-25-19(24)11-7-14(13-9-16(18(22)23)27-15(13)8-11)26-12-5-3-10(4-6-12)17(20)21/h3-9,17H,2H2,1H3,(H,22,23). The molecule has 3 rings (SSSR count). The van der Waals surface area contributed by atoms with Gasteiger partial charge < -0.3 is 19.0 Å². The molecule has 0 saturated carbocycles. The van der Waals surface area contributed by atoms with Crippen molar-refractivity contribution in [3.8, 4) is 11.5 Å². The molecule has 1 N–H and O–H groups in total. The Kier molecular flexibility index (Phi) is 5.07. The zero-order valence-electron chi connectivity index (χ0n) is 14.1. The van der Waals surface area contributed by atoms with E-state index in [-0.39, 0.29) is 40.6 Å². The zero-order chi connectivity index (χ0) is 19.6. The van der Waals surface area contributed by atoms with Gasteiger partial charge in [0, 0.05) is 11.6 Å². The molecular formula is C19H14F2O6. The van der Waals surface area contributed by atoms with E-state index in [1.54, 1.807) is 6.92 Å². The molecule has 0 unspecified atom stereocenters. The number of hydrogen-bond acceptors (Lipinski definition) is 5. The zero-order valence-corrected chi connectivity index (χ0v) is 14.1. The number of benzene rings is 2. The monoisotopic (exact) mass is 376 g/mol. The van der Waals surface area contributed by atoms with E-state index in [0.717, 1.165) is 0 Å². The highest BCUT2D eigenvalue weighted by molar-refractivity contribution is 5.99. The van der Waals surface area contributed by atoms with Crippen LogP contribution < -0.4 is 4.74 Å². The topological polar surface area (TPSA) is 86.0 Å². The van der Waals surface area contributed by atoms with Crippen molar-refractivity contribution in [3.63, 3.8) is 0 Å². The maximum absolute atomic E-state index is 12.7. The van der Waals surface area contributed by atoms with Gasteiger partial charge in [-0.2, -0.15) is 0 Å². The molecule has 0 saturated heterocycles. The minimum Gasteiger partial charge on any atom is -0.475 e. The highest BCUT2D eigenvalue weighted by Gasteiger charge is 2.19. The number of furan rings is 1. The molecule has 0 fully saturated rings. The fourth-order valence-corrected chi connectivity index (χ4v) is 2.44. The molecule has 3 aromatic rings. The van der Waals surface area contributed by atoms with Crippen molar-refractivity contribution in [2.75, 3.05) is 6.61 Å². The Morgan fingerprint density at radius 2 is 1.85 bits per heavy atom. The molecule has 0 spiro atoms. The van der Waals surface area contributed by atoms with Gasteiger partial charge in [0.1, 0.15) is 17.1 Å². The van der Waals surface area contributed by atoms with Gasteiger partial charge in [0.2, 0.25) is 5.76 Å². The van der Waals surface area contributed by atoms with Gasteiger partial charge in [0.05, 0.1) is 17.6 Å². The summed E-state index contributed by atoms with van der Waals surface area (Å²) < 4.78 is 41.2. The van der Waals surface area contributed by atoms with Crippen LogP contribution in [0.3, 0.4) is 0 Å². The molecule has 2 aromatic carbocycles. The third kappa shape index (κ3) is 3.89. The Balaban J connectivity index is 2.05. The summed E-state index contributed by atoms with van der Waals surface area (Å²) in [7, 11) is 0. The maximum atomic E-state index is 12.7. The summed E-state index contributed by atoms with van der Waals surface area (Å²) in [6.45, 7) is 1.80. The van der Waals surface area contributed by atoms with E-state index in [1.807, 2.05) is 0 Å². The van der Waals surface area contributed by atoms with Crippen LogP contribution in [0.4, 0.5) is 8.78 Å². The first-order valence-corrected chi connectivity index (χ1v) is 7.93. The van der Waals surface area contributed by atoms with E-state index < -0.39 is 18.4 Å². The Morgan fingerprint density at radius 3 is 2.44 bits per heavy atom. The van der Waals surface area contributed by atoms with Crippen LogP contribution in [0.5, 0.6) is 11.5 Å². The van der Waals surface area contributed by atoms with Gasteiger partial charge in [-0.3, -0.25) is 0 Å². The lowest BCUT2D eigenvalue weighted by Gasteiger charge is -2.09. The van der Waals surface area contributed by atoms with Crippen LogP contribution in [-0.4, -0.2) is 23.7 Å². The molecule has 1 heterocycles. The summed E-state index contributed by atoms with van der Waals surface area (Å²) >= 11 is 0. The fourth-order valence-electron chi connectivity index (χ4n) is 2.44. The van der Waals surface area contributed by atoms with Crippen molar-refractivity contribution in [1.82, 2.24) is 0 Å². The predicted molar refractivity (Wildman–Crippen MR) is 90.6 cm³/mol. The van der Waals surface area contributed by atoms with Crippen LogP contribution in [0.25, 0.3) is 11.0 Å². The van der Waals surface area contributed by atoms with Gasteiger partial charge >= 0.3 is 11.9 Å². The molecule has 6 nitrogen and oxygen atoms in total. The van der Waals surface area contributed by atoms with Gasteiger partial charge in [-0.05, 0) is 43.3 Å². The molecule has 1 aromatic heterocycles. The van der Waals surface area contributed by atoms with Crippen LogP contribution in [0, 0.1) is 0 Å². The van der Waals surface area contributed by atoms with Crippen LogP contribution in [0.15, 0.2) is 46.9 Å². The number of alkyl halides is 2. The number of hydrogen-bond donors (Lipinski definition) is 1. The number of carboxylic acid groups (broad SMARTS) is 1. The minimum absolute atomic E-state index is 0.106. The number of fused-ring (bicyclic) bond motifs is 1. The highest BCUT2D eigenvalue weighted by Crippen LogP contribution is 2.34. The number of carboxylic acids is 1. The lowest BCUT2D eigenvalue weighted by Crippen LogP contribution is -2.04. The Labute approximate surface area is 151 Å². The molecule has 0 bridgehead atoms. The molecule has 0 aliphatic carbocycles. The summed E-state index contributed by atoms with van der Waals surface area (Å²) in [5.74, 6) is -1.87. The van der Waals surface area contributed by atoms with Crippen molar-refractivity contribution in [1.29, 1.82) is 0 Å². The summed E-state index contributed by atoms with van der Waals surface area (Å²) in [5.41, 5.74) is 0.0660. The van der Waals surface area contributed by atoms with Crippen molar-refractivity contribution >= 4 is 22.9 Å². The molecule has 0 atom stereocenters. The van der Waals surface area contributed by atoms with E-state index in [4.69, 9.17) is 19.0 Å². The SMILES string of the molecule is CCOC(=O)c1cc(Oc2ccc(C(F)F)cc2)c2cc(C(=O)O)oc2c1. The Hall–Kier alpha value is -3.42. The van der Waals surface area contributed by atoms with Crippen LogP contribution in [0.1, 0.15) is 39.8 Å². The Morgan fingerprint density at radius 1 is 1.15 bits per heavy atom. The molecule has 0 amide bonds. The quantitative estimate of drug-likeness (QED) is 0.607. The largest absolute Gasteiger partial charge is 0.475 e.